The Balaban J connectivity index is 3.42. The van der Waals surface area contributed by atoms with Crippen molar-refractivity contribution in [1.82, 2.24) is 0 Å². The molecular weight excluding hydrogens is 224 g/mol. The highest BCUT2D eigenvalue weighted by Crippen LogP contribution is 2.07. The van der Waals surface area contributed by atoms with E-state index in [4.69, 9.17) is 9.84 Å². The van der Waals surface area contributed by atoms with Crippen LogP contribution in [0.2, 0.25) is 0 Å². The van der Waals surface area contributed by atoms with Crippen LogP contribution < -0.4 is 0 Å². The van der Waals surface area contributed by atoms with E-state index in [1.165, 1.54) is 0 Å². The number of esters is 1. The van der Waals surface area contributed by atoms with Crippen molar-refractivity contribution in [3.05, 3.63) is 0 Å². The summed E-state index contributed by atoms with van der Waals surface area (Å²) in [5, 5.41) is 17.7. The Morgan fingerprint density at radius 1 is 1.12 bits per heavy atom. The van der Waals surface area contributed by atoms with E-state index >= 15 is 0 Å². The highest BCUT2D eigenvalue weighted by Gasteiger charge is 2.10. The van der Waals surface area contributed by atoms with Gasteiger partial charge in [-0.15, -0.1) is 0 Å². The van der Waals surface area contributed by atoms with Gasteiger partial charge >= 0.3 is 11.9 Å². The van der Waals surface area contributed by atoms with Gasteiger partial charge < -0.3 is 14.9 Å². The average Bonchev–Trinajstić information content (AvgIpc) is 2.25. The second-order valence-corrected chi connectivity index (χ2v) is 4.04. The minimum absolute atomic E-state index is 0.133. The summed E-state index contributed by atoms with van der Waals surface area (Å²) in [6.45, 7) is 2.00. The predicted molar refractivity (Wildman–Crippen MR) is 62.3 cm³/mol. The van der Waals surface area contributed by atoms with E-state index in [0.717, 1.165) is 12.8 Å². The fourth-order valence-electron chi connectivity index (χ4n) is 1.37. The fraction of sp³-hybridized carbons (Fsp3) is 0.833. The van der Waals surface area contributed by atoms with Gasteiger partial charge in [-0.05, 0) is 19.3 Å². The van der Waals surface area contributed by atoms with Crippen molar-refractivity contribution >= 4 is 11.9 Å². The maximum atomic E-state index is 11.2. The minimum atomic E-state index is -0.999. The first-order valence-corrected chi connectivity index (χ1v) is 6.15. The zero-order valence-corrected chi connectivity index (χ0v) is 10.4. The number of ether oxygens (including phenoxy) is 1. The number of hydrogen-bond donors (Lipinski definition) is 2. The van der Waals surface area contributed by atoms with Crippen LogP contribution in [0.4, 0.5) is 0 Å². The van der Waals surface area contributed by atoms with Crippen molar-refractivity contribution in [2.45, 2.75) is 64.6 Å². The maximum Gasteiger partial charge on any atom is 0.308 e. The molecule has 2 N–H and O–H groups in total. The molecule has 17 heavy (non-hydrogen) atoms. The zero-order chi connectivity index (χ0) is 13.1. The molecule has 0 radical (unpaired) electrons. The summed E-state index contributed by atoms with van der Waals surface area (Å²) >= 11 is 0. The van der Waals surface area contributed by atoms with Crippen LogP contribution in [0.15, 0.2) is 0 Å². The molecule has 0 saturated carbocycles. The number of carboxylic acid groups (broad SMARTS) is 1. The Kier molecular flexibility index (Phi) is 9.43. The number of hydrogen-bond acceptors (Lipinski definition) is 4. The summed E-state index contributed by atoms with van der Waals surface area (Å²) in [5.41, 5.74) is 0. The van der Waals surface area contributed by atoms with Crippen LogP contribution >= 0.6 is 0 Å². The monoisotopic (exact) mass is 246 g/mol. The van der Waals surface area contributed by atoms with Crippen molar-refractivity contribution in [2.24, 2.45) is 0 Å². The zero-order valence-electron chi connectivity index (χ0n) is 10.4. The van der Waals surface area contributed by atoms with E-state index in [1.807, 2.05) is 6.92 Å². The highest BCUT2D eigenvalue weighted by molar-refractivity contribution is 5.69. The number of unbranched alkanes of at least 4 members (excludes halogenated alkanes) is 3. The topological polar surface area (TPSA) is 83.8 Å². The van der Waals surface area contributed by atoms with Gasteiger partial charge in [0.2, 0.25) is 6.29 Å². The molecule has 0 aliphatic rings. The summed E-state index contributed by atoms with van der Waals surface area (Å²) < 4.78 is 4.78. The number of carbonyl (C=O) groups excluding carboxylic acids is 1. The van der Waals surface area contributed by atoms with Crippen molar-refractivity contribution in [1.29, 1.82) is 0 Å². The molecule has 100 valence electrons. The number of aliphatic hydroxyl groups is 1. The molecule has 1 unspecified atom stereocenters. The molecule has 0 aliphatic heterocycles. The van der Waals surface area contributed by atoms with Crippen LogP contribution in [0.5, 0.6) is 0 Å². The van der Waals surface area contributed by atoms with Crippen molar-refractivity contribution in [2.75, 3.05) is 0 Å². The van der Waals surface area contributed by atoms with Gasteiger partial charge in [0.05, 0.1) is 0 Å². The van der Waals surface area contributed by atoms with Gasteiger partial charge in [-0.3, -0.25) is 9.59 Å². The molecule has 1 atom stereocenters. The smallest absolute Gasteiger partial charge is 0.308 e. The third-order valence-corrected chi connectivity index (χ3v) is 2.34. The lowest BCUT2D eigenvalue weighted by Gasteiger charge is -2.11. The third kappa shape index (κ3) is 11.2. The minimum Gasteiger partial charge on any atom is -0.481 e. The normalized spacial score (nSPS) is 12.1. The van der Waals surface area contributed by atoms with E-state index in [-0.39, 0.29) is 12.8 Å². The Bertz CT molecular complexity index is 227. The van der Waals surface area contributed by atoms with Gasteiger partial charge in [0.1, 0.15) is 0 Å². The first kappa shape index (κ1) is 15.9. The number of rotatable bonds is 10. The second kappa shape index (κ2) is 10.1. The Labute approximate surface area is 102 Å². The lowest BCUT2D eigenvalue weighted by molar-refractivity contribution is -0.168. The summed E-state index contributed by atoms with van der Waals surface area (Å²) in [5.74, 6) is -1.23. The molecule has 0 rings (SSSR count). The molecule has 0 saturated heterocycles. The lowest BCUT2D eigenvalue weighted by atomic mass is 10.1. The summed E-state index contributed by atoms with van der Waals surface area (Å²) in [6, 6.07) is 0. The molecule has 0 amide bonds. The molecular formula is C12H22O5. The van der Waals surface area contributed by atoms with Gasteiger partial charge in [-0.2, -0.15) is 0 Å². The Morgan fingerprint density at radius 3 is 2.35 bits per heavy atom. The van der Waals surface area contributed by atoms with Crippen LogP contribution in [0.25, 0.3) is 0 Å². The number of carbonyl (C=O) groups is 2. The van der Waals surface area contributed by atoms with E-state index < -0.39 is 18.2 Å². The van der Waals surface area contributed by atoms with Crippen LogP contribution in [0, 0.1) is 0 Å². The first-order valence-electron chi connectivity index (χ1n) is 6.15. The molecule has 0 aliphatic carbocycles. The molecule has 5 heteroatoms. The van der Waals surface area contributed by atoms with Gasteiger partial charge in [0.15, 0.2) is 0 Å². The van der Waals surface area contributed by atoms with Crippen molar-refractivity contribution in [3.8, 4) is 0 Å². The predicted octanol–water partition coefficient (Wildman–Crippen LogP) is 2.07. The van der Waals surface area contributed by atoms with E-state index in [9.17, 15) is 14.7 Å². The summed E-state index contributed by atoms with van der Waals surface area (Å²) in [7, 11) is 0. The Hall–Kier alpha value is -1.10. The largest absolute Gasteiger partial charge is 0.481 e. The quantitative estimate of drug-likeness (QED) is 0.350. The number of aliphatic carboxylic acids is 1. The van der Waals surface area contributed by atoms with Crippen molar-refractivity contribution < 1.29 is 24.5 Å². The molecule has 5 nitrogen and oxygen atoms in total. The standard InChI is InChI=1S/C12H22O5/c1-2-3-8-11(15)17-12(16)9-6-4-5-7-10(13)14/h11,15H,2-9H2,1H3,(H,13,14). The fourth-order valence-corrected chi connectivity index (χ4v) is 1.37. The highest BCUT2D eigenvalue weighted by atomic mass is 16.6. The first-order chi connectivity index (χ1) is 8.06. The van der Waals surface area contributed by atoms with Gasteiger partial charge in [-0.25, -0.2) is 0 Å². The summed E-state index contributed by atoms with van der Waals surface area (Å²) in [4.78, 5) is 21.4. The number of aliphatic hydroxyl groups excluding tert-OH is 1. The van der Waals surface area contributed by atoms with Crippen LogP contribution in [-0.2, 0) is 14.3 Å². The molecule has 0 fully saturated rings. The van der Waals surface area contributed by atoms with E-state index in [1.54, 1.807) is 0 Å². The molecule has 0 bridgehead atoms. The van der Waals surface area contributed by atoms with Crippen molar-refractivity contribution in [3.63, 3.8) is 0 Å². The molecule has 0 spiro atoms. The molecule has 0 aromatic heterocycles. The average molecular weight is 246 g/mol. The SMILES string of the molecule is CCCCC(O)OC(=O)CCCCCC(=O)O. The van der Waals surface area contributed by atoms with Crippen LogP contribution in [0.1, 0.15) is 58.3 Å². The molecule has 0 aromatic carbocycles. The lowest BCUT2D eigenvalue weighted by Crippen LogP contribution is -2.17. The third-order valence-electron chi connectivity index (χ3n) is 2.34. The molecule has 0 aromatic rings. The van der Waals surface area contributed by atoms with Crippen LogP contribution in [0.3, 0.4) is 0 Å². The molecule has 0 heterocycles. The van der Waals surface area contributed by atoms with Gasteiger partial charge in [-0.1, -0.05) is 19.8 Å². The van der Waals surface area contributed by atoms with Crippen LogP contribution in [-0.4, -0.2) is 28.4 Å². The maximum absolute atomic E-state index is 11.2. The van der Waals surface area contributed by atoms with E-state index in [0.29, 0.717) is 25.7 Å². The van der Waals surface area contributed by atoms with Gasteiger partial charge in [0.25, 0.3) is 0 Å². The second-order valence-electron chi connectivity index (χ2n) is 4.04. The number of carboxylic acids is 1. The Morgan fingerprint density at radius 2 is 1.76 bits per heavy atom. The van der Waals surface area contributed by atoms with E-state index in [2.05, 4.69) is 0 Å². The van der Waals surface area contributed by atoms with Gasteiger partial charge in [0, 0.05) is 19.3 Å². The summed E-state index contributed by atoms with van der Waals surface area (Å²) in [6.07, 6.45) is 3.48.